The Hall–Kier alpha value is -0.970. The van der Waals surface area contributed by atoms with Crippen LogP contribution in [0, 0.1) is 0 Å². The van der Waals surface area contributed by atoms with Crippen LogP contribution in [0.3, 0.4) is 0 Å². The van der Waals surface area contributed by atoms with Gasteiger partial charge in [-0.3, -0.25) is 0 Å². The lowest BCUT2D eigenvalue weighted by Gasteiger charge is -2.42. The number of amides is 1. The van der Waals surface area contributed by atoms with Crippen LogP contribution in [-0.4, -0.2) is 36.2 Å². The van der Waals surface area contributed by atoms with Crippen LogP contribution in [0.1, 0.15) is 38.2 Å². The van der Waals surface area contributed by atoms with Crippen LogP contribution in [0.2, 0.25) is 5.02 Å². The van der Waals surface area contributed by atoms with E-state index in [1.165, 1.54) is 5.56 Å². The summed E-state index contributed by atoms with van der Waals surface area (Å²) < 4.78 is 5.25. The minimum absolute atomic E-state index is 0. The van der Waals surface area contributed by atoms with Crippen molar-refractivity contribution in [2.45, 2.75) is 50.2 Å². The molecule has 0 bridgehead atoms. The quantitative estimate of drug-likeness (QED) is 0.895. The van der Waals surface area contributed by atoms with Crippen molar-refractivity contribution in [3.05, 3.63) is 34.9 Å². The fourth-order valence-electron chi connectivity index (χ4n) is 3.82. The van der Waals surface area contributed by atoms with Gasteiger partial charge >= 0.3 is 6.09 Å². The average molecular weight is 359 g/mol. The number of benzene rings is 1. The van der Waals surface area contributed by atoms with Crippen LogP contribution in [0.5, 0.6) is 0 Å². The molecular weight excluding hydrogens is 335 g/mol. The second kappa shape index (κ2) is 7.29. The Kier molecular flexibility index (Phi) is 5.82. The first-order valence-electron chi connectivity index (χ1n) is 7.97. The molecule has 6 heteroatoms. The molecule has 128 valence electrons. The lowest BCUT2D eigenvalue weighted by Crippen LogP contribution is -2.46. The lowest BCUT2D eigenvalue weighted by atomic mass is 9.68. The minimum Gasteiger partial charge on any atom is -0.444 e. The van der Waals surface area contributed by atoms with Gasteiger partial charge in [-0.05, 0) is 50.3 Å². The Morgan fingerprint density at radius 3 is 2.61 bits per heavy atom. The van der Waals surface area contributed by atoms with Gasteiger partial charge in [-0.1, -0.05) is 23.7 Å². The van der Waals surface area contributed by atoms with Gasteiger partial charge in [0, 0.05) is 23.0 Å². The zero-order valence-electron chi connectivity index (χ0n) is 13.3. The molecule has 2 N–H and O–H groups in total. The Bertz CT molecular complexity index is 559. The summed E-state index contributed by atoms with van der Waals surface area (Å²) in [6.45, 7) is 3.26. The van der Waals surface area contributed by atoms with Gasteiger partial charge in [0.2, 0.25) is 0 Å². The van der Waals surface area contributed by atoms with Crippen LogP contribution in [0.4, 0.5) is 4.79 Å². The summed E-state index contributed by atoms with van der Waals surface area (Å²) in [6.07, 6.45) is 3.72. The molecule has 1 aliphatic carbocycles. The summed E-state index contributed by atoms with van der Waals surface area (Å²) >= 11 is 6.14. The van der Waals surface area contributed by atoms with Crippen molar-refractivity contribution in [3.63, 3.8) is 0 Å². The van der Waals surface area contributed by atoms with E-state index in [2.05, 4.69) is 6.07 Å². The lowest BCUT2D eigenvalue weighted by molar-refractivity contribution is 0.120. The topological polar surface area (TPSA) is 55.6 Å². The largest absolute Gasteiger partial charge is 0.444 e. The van der Waals surface area contributed by atoms with Crippen LogP contribution < -0.4 is 5.73 Å². The molecule has 4 nitrogen and oxygen atoms in total. The van der Waals surface area contributed by atoms with Gasteiger partial charge < -0.3 is 15.4 Å². The second-order valence-corrected chi connectivity index (χ2v) is 7.01. The Morgan fingerprint density at radius 2 is 2.09 bits per heavy atom. The Labute approximate surface area is 148 Å². The molecule has 0 spiro atoms. The predicted molar refractivity (Wildman–Crippen MR) is 94.3 cm³/mol. The van der Waals surface area contributed by atoms with E-state index in [9.17, 15) is 4.79 Å². The number of hydrogen-bond acceptors (Lipinski definition) is 3. The zero-order chi connectivity index (χ0) is 15.7. The van der Waals surface area contributed by atoms with Crippen molar-refractivity contribution in [2.24, 2.45) is 5.73 Å². The molecule has 1 atom stereocenters. The molecule has 1 saturated carbocycles. The third-order valence-corrected chi connectivity index (χ3v) is 5.41. The zero-order valence-corrected chi connectivity index (χ0v) is 14.9. The van der Waals surface area contributed by atoms with E-state index in [4.69, 9.17) is 22.1 Å². The molecule has 1 aliphatic heterocycles. The molecule has 2 fully saturated rings. The van der Waals surface area contributed by atoms with E-state index >= 15 is 0 Å². The summed E-state index contributed by atoms with van der Waals surface area (Å²) in [6, 6.07) is 8.30. The standard InChI is InChI=1S/C17H23ClN2O2.ClH/c1-12-10-20(16(21)22-12)15-5-7-17(11-19,8-6-15)13-3-2-4-14(18)9-13;/h2-4,9,12,15H,5-8,10-11,19H2,1H3;1H/t12-,15-,17+;/m1./s1. The van der Waals surface area contributed by atoms with Crippen molar-refractivity contribution in [2.75, 3.05) is 13.1 Å². The monoisotopic (exact) mass is 358 g/mol. The summed E-state index contributed by atoms with van der Waals surface area (Å²) in [5, 5.41) is 0.754. The molecular formula is C17H24Cl2N2O2. The van der Waals surface area contributed by atoms with E-state index in [1.54, 1.807) is 0 Å². The van der Waals surface area contributed by atoms with E-state index in [1.807, 2.05) is 30.0 Å². The van der Waals surface area contributed by atoms with Gasteiger partial charge in [-0.15, -0.1) is 12.4 Å². The third kappa shape index (κ3) is 3.59. The first-order chi connectivity index (χ1) is 10.5. The van der Waals surface area contributed by atoms with E-state index < -0.39 is 0 Å². The van der Waals surface area contributed by atoms with Gasteiger partial charge in [-0.2, -0.15) is 0 Å². The SMILES string of the molecule is C[C@@H]1CN([C@H]2CC[C@@](CN)(c3cccc(Cl)c3)CC2)C(=O)O1.Cl. The normalized spacial score (nSPS) is 30.7. The number of carbonyl (C=O) groups is 1. The van der Waals surface area contributed by atoms with Gasteiger partial charge in [-0.25, -0.2) is 4.79 Å². The van der Waals surface area contributed by atoms with Crippen LogP contribution >= 0.6 is 24.0 Å². The molecule has 1 saturated heterocycles. The molecule has 0 aromatic heterocycles. The van der Waals surface area contributed by atoms with E-state index in [-0.39, 0.29) is 36.1 Å². The van der Waals surface area contributed by atoms with Crippen molar-refractivity contribution >= 4 is 30.1 Å². The number of nitrogens with two attached hydrogens (primary N) is 1. The molecule has 0 radical (unpaired) electrons. The van der Waals surface area contributed by atoms with Crippen LogP contribution in [0.25, 0.3) is 0 Å². The van der Waals surface area contributed by atoms with Crippen molar-refractivity contribution in [1.82, 2.24) is 4.90 Å². The fraction of sp³-hybridized carbons (Fsp3) is 0.588. The first-order valence-corrected chi connectivity index (χ1v) is 8.35. The van der Waals surface area contributed by atoms with E-state index in [0.29, 0.717) is 13.1 Å². The molecule has 23 heavy (non-hydrogen) atoms. The van der Waals surface area contributed by atoms with Crippen LogP contribution in [-0.2, 0) is 10.2 Å². The molecule has 1 aromatic rings. The highest BCUT2D eigenvalue weighted by molar-refractivity contribution is 6.30. The minimum atomic E-state index is -0.166. The van der Waals surface area contributed by atoms with Gasteiger partial charge in [0.05, 0.1) is 6.54 Å². The smallest absolute Gasteiger partial charge is 0.410 e. The Balaban J connectivity index is 0.00000192. The summed E-state index contributed by atoms with van der Waals surface area (Å²) in [5.41, 5.74) is 7.32. The van der Waals surface area contributed by atoms with Gasteiger partial charge in [0.15, 0.2) is 0 Å². The number of carbonyl (C=O) groups excluding carboxylic acids is 1. The Morgan fingerprint density at radius 1 is 1.39 bits per heavy atom. The average Bonchev–Trinajstić information content (AvgIpc) is 2.86. The summed E-state index contributed by atoms with van der Waals surface area (Å²) in [5.74, 6) is 0. The maximum Gasteiger partial charge on any atom is 0.410 e. The second-order valence-electron chi connectivity index (χ2n) is 6.57. The maximum absolute atomic E-state index is 11.9. The third-order valence-electron chi connectivity index (χ3n) is 5.17. The predicted octanol–water partition coefficient (Wildman–Crippen LogP) is 3.74. The van der Waals surface area contributed by atoms with Crippen LogP contribution in [0.15, 0.2) is 24.3 Å². The maximum atomic E-state index is 11.9. The summed E-state index contributed by atoms with van der Waals surface area (Å²) in [7, 11) is 0. The molecule has 1 heterocycles. The van der Waals surface area contributed by atoms with Crippen molar-refractivity contribution in [1.29, 1.82) is 0 Å². The molecule has 3 rings (SSSR count). The highest BCUT2D eigenvalue weighted by atomic mass is 35.5. The number of nitrogens with zero attached hydrogens (tertiary/aromatic N) is 1. The van der Waals surface area contributed by atoms with E-state index in [0.717, 1.165) is 30.7 Å². The highest BCUT2D eigenvalue weighted by Crippen LogP contribution is 2.41. The van der Waals surface area contributed by atoms with Crippen molar-refractivity contribution < 1.29 is 9.53 Å². The number of rotatable bonds is 3. The summed E-state index contributed by atoms with van der Waals surface area (Å²) in [4.78, 5) is 13.8. The number of ether oxygens (including phenoxy) is 1. The first kappa shape index (κ1) is 18.4. The number of cyclic esters (lactones) is 1. The van der Waals surface area contributed by atoms with Gasteiger partial charge in [0.25, 0.3) is 0 Å². The number of halogens is 2. The molecule has 1 aromatic carbocycles. The molecule has 2 aliphatic rings. The number of hydrogen-bond donors (Lipinski definition) is 1. The highest BCUT2D eigenvalue weighted by Gasteiger charge is 2.41. The van der Waals surface area contributed by atoms with Gasteiger partial charge in [0.1, 0.15) is 6.10 Å². The fourth-order valence-corrected chi connectivity index (χ4v) is 4.01. The van der Waals surface area contributed by atoms with Crippen molar-refractivity contribution in [3.8, 4) is 0 Å². The molecule has 0 unspecified atom stereocenters. The molecule has 1 amide bonds.